The Bertz CT molecular complexity index is 299. The fraction of sp³-hybridized carbons (Fsp3) is 0.929. The van der Waals surface area contributed by atoms with Crippen molar-refractivity contribution in [1.29, 1.82) is 0 Å². The fourth-order valence-corrected chi connectivity index (χ4v) is 4.15. The lowest BCUT2D eigenvalue weighted by molar-refractivity contribution is -0.134. The number of nitrogens with zero attached hydrogens (tertiary/aromatic N) is 1. The number of fused-ring (bicyclic) bond motifs is 1. The minimum Gasteiger partial charge on any atom is -0.341 e. The van der Waals surface area contributed by atoms with Crippen LogP contribution in [0.25, 0.3) is 0 Å². The van der Waals surface area contributed by atoms with Crippen molar-refractivity contribution in [3.8, 4) is 0 Å². The molecule has 0 aromatic heterocycles. The van der Waals surface area contributed by atoms with E-state index in [1.165, 1.54) is 44.9 Å². The summed E-state index contributed by atoms with van der Waals surface area (Å²) in [5.41, 5.74) is 0. The summed E-state index contributed by atoms with van der Waals surface area (Å²) in [6.45, 7) is 1.07. The first-order valence-electron chi connectivity index (χ1n) is 7.27. The van der Waals surface area contributed by atoms with Crippen LogP contribution < -0.4 is 5.32 Å². The summed E-state index contributed by atoms with van der Waals surface area (Å²) in [5, 5.41) is 3.47. The van der Waals surface area contributed by atoms with Crippen molar-refractivity contribution in [3.63, 3.8) is 0 Å². The lowest BCUT2D eigenvalue weighted by Gasteiger charge is -2.29. The Morgan fingerprint density at radius 2 is 1.88 bits per heavy atom. The molecule has 2 aliphatic carbocycles. The summed E-state index contributed by atoms with van der Waals surface area (Å²) in [7, 11) is 2.02. The Hall–Kier alpha value is -0.570. The third kappa shape index (κ3) is 1.99. The zero-order valence-corrected chi connectivity index (χ0v) is 10.8. The van der Waals surface area contributed by atoms with Gasteiger partial charge in [0.15, 0.2) is 0 Å². The molecule has 0 radical (unpaired) electrons. The molecule has 0 aromatic carbocycles. The Morgan fingerprint density at radius 1 is 1.12 bits per heavy atom. The summed E-state index contributed by atoms with van der Waals surface area (Å²) in [5.74, 6) is 1.78. The molecular formula is C14H24N2O. The van der Waals surface area contributed by atoms with Gasteiger partial charge in [-0.15, -0.1) is 0 Å². The van der Waals surface area contributed by atoms with Crippen LogP contribution in [-0.4, -0.2) is 36.5 Å². The summed E-state index contributed by atoms with van der Waals surface area (Å²) in [4.78, 5) is 14.6. The van der Waals surface area contributed by atoms with Crippen LogP contribution in [0.15, 0.2) is 0 Å². The van der Waals surface area contributed by atoms with Crippen molar-refractivity contribution in [1.82, 2.24) is 10.2 Å². The molecule has 3 atom stereocenters. The lowest BCUT2D eigenvalue weighted by atomic mass is 9.93. The predicted molar refractivity (Wildman–Crippen MR) is 67.6 cm³/mol. The van der Waals surface area contributed by atoms with Gasteiger partial charge in [-0.05, 0) is 44.1 Å². The molecule has 3 aliphatic rings. The van der Waals surface area contributed by atoms with E-state index in [2.05, 4.69) is 5.32 Å². The van der Waals surface area contributed by atoms with Crippen LogP contribution in [0, 0.1) is 11.8 Å². The first-order chi connectivity index (χ1) is 8.27. The largest absolute Gasteiger partial charge is 0.341 e. The maximum Gasteiger partial charge on any atom is 0.239 e. The second-order valence-electron chi connectivity index (χ2n) is 6.13. The minimum absolute atomic E-state index is 0.132. The maximum absolute atomic E-state index is 12.5. The number of carbonyl (C=O) groups excluding carboxylic acids is 1. The van der Waals surface area contributed by atoms with Crippen molar-refractivity contribution in [3.05, 3.63) is 0 Å². The van der Waals surface area contributed by atoms with Crippen LogP contribution in [0.3, 0.4) is 0 Å². The topological polar surface area (TPSA) is 32.3 Å². The highest BCUT2D eigenvalue weighted by molar-refractivity contribution is 5.82. The average Bonchev–Trinajstić information content (AvgIpc) is 3.03. The van der Waals surface area contributed by atoms with Gasteiger partial charge in [0.05, 0.1) is 6.04 Å². The number of likely N-dealkylation sites (N-methyl/N-ethyl adjacent to an activating group) is 1. The van der Waals surface area contributed by atoms with Crippen LogP contribution in [0.4, 0.5) is 0 Å². The number of hydrogen-bond donors (Lipinski definition) is 1. The minimum atomic E-state index is 0.132. The molecule has 0 bridgehead atoms. The standard InChI is InChI=1S/C14H24N2O/c1-16(11-6-2-3-7-11)14(17)13-12-8-4-5-10(12)9-15-13/h10-13,15H,2-9H2,1H3. The van der Waals surface area contributed by atoms with Crippen molar-refractivity contribution >= 4 is 5.91 Å². The molecule has 3 heteroatoms. The van der Waals surface area contributed by atoms with Gasteiger partial charge in [-0.25, -0.2) is 0 Å². The zero-order chi connectivity index (χ0) is 11.8. The molecule has 3 fully saturated rings. The van der Waals surface area contributed by atoms with Gasteiger partial charge in [0.1, 0.15) is 0 Å². The van der Waals surface area contributed by atoms with E-state index in [4.69, 9.17) is 0 Å². The molecule has 1 heterocycles. The number of rotatable bonds is 2. The average molecular weight is 236 g/mol. The molecule has 17 heavy (non-hydrogen) atoms. The molecule has 1 aliphatic heterocycles. The molecule has 1 saturated heterocycles. The quantitative estimate of drug-likeness (QED) is 0.792. The summed E-state index contributed by atoms with van der Waals surface area (Å²) >= 11 is 0. The van der Waals surface area contributed by atoms with Crippen molar-refractivity contribution in [2.45, 2.75) is 57.0 Å². The number of hydrogen-bond acceptors (Lipinski definition) is 2. The van der Waals surface area contributed by atoms with Gasteiger partial charge in [0, 0.05) is 13.1 Å². The predicted octanol–water partition coefficient (Wildman–Crippen LogP) is 1.78. The SMILES string of the molecule is CN(C(=O)C1NCC2CCCC21)C1CCCC1. The van der Waals surface area contributed by atoms with Crippen LogP contribution in [0.1, 0.15) is 44.9 Å². The summed E-state index contributed by atoms with van der Waals surface area (Å²) in [6, 6.07) is 0.651. The van der Waals surface area contributed by atoms with Crippen LogP contribution in [-0.2, 0) is 4.79 Å². The summed E-state index contributed by atoms with van der Waals surface area (Å²) < 4.78 is 0. The van der Waals surface area contributed by atoms with E-state index in [0.29, 0.717) is 17.9 Å². The molecule has 0 aromatic rings. The van der Waals surface area contributed by atoms with Gasteiger partial charge >= 0.3 is 0 Å². The van der Waals surface area contributed by atoms with Gasteiger partial charge in [-0.3, -0.25) is 4.79 Å². The fourth-order valence-electron chi connectivity index (χ4n) is 4.15. The third-order valence-corrected chi connectivity index (χ3v) is 5.23. The maximum atomic E-state index is 12.5. The molecule has 3 rings (SSSR count). The molecule has 0 spiro atoms. The Kier molecular flexibility index (Phi) is 3.12. The molecule has 3 nitrogen and oxygen atoms in total. The van der Waals surface area contributed by atoms with Crippen molar-refractivity contribution in [2.24, 2.45) is 11.8 Å². The number of carbonyl (C=O) groups is 1. The third-order valence-electron chi connectivity index (χ3n) is 5.23. The second-order valence-corrected chi connectivity index (χ2v) is 6.13. The van der Waals surface area contributed by atoms with Gasteiger partial charge in [-0.2, -0.15) is 0 Å². The summed E-state index contributed by atoms with van der Waals surface area (Å²) in [6.07, 6.45) is 8.93. The molecule has 1 amide bonds. The van der Waals surface area contributed by atoms with Crippen LogP contribution in [0.2, 0.25) is 0 Å². The van der Waals surface area contributed by atoms with E-state index in [1.807, 2.05) is 11.9 Å². The Morgan fingerprint density at radius 3 is 2.65 bits per heavy atom. The smallest absolute Gasteiger partial charge is 0.239 e. The zero-order valence-electron chi connectivity index (χ0n) is 10.8. The molecule has 96 valence electrons. The van der Waals surface area contributed by atoms with Crippen molar-refractivity contribution in [2.75, 3.05) is 13.6 Å². The van der Waals surface area contributed by atoms with Crippen LogP contribution in [0.5, 0.6) is 0 Å². The normalized spacial score (nSPS) is 37.4. The Labute approximate surface area is 104 Å². The number of amides is 1. The highest BCUT2D eigenvalue weighted by Crippen LogP contribution is 2.38. The monoisotopic (exact) mass is 236 g/mol. The Balaban J connectivity index is 1.65. The first kappa shape index (κ1) is 11.5. The molecule has 2 saturated carbocycles. The molecule has 1 N–H and O–H groups in total. The number of nitrogens with one attached hydrogen (secondary N) is 1. The van der Waals surface area contributed by atoms with E-state index in [1.54, 1.807) is 0 Å². The molecule has 3 unspecified atom stereocenters. The van der Waals surface area contributed by atoms with E-state index < -0.39 is 0 Å². The van der Waals surface area contributed by atoms with Crippen LogP contribution >= 0.6 is 0 Å². The van der Waals surface area contributed by atoms with E-state index in [9.17, 15) is 4.79 Å². The van der Waals surface area contributed by atoms with Crippen molar-refractivity contribution < 1.29 is 4.79 Å². The highest BCUT2D eigenvalue weighted by atomic mass is 16.2. The van der Waals surface area contributed by atoms with Gasteiger partial charge in [0.25, 0.3) is 0 Å². The second kappa shape index (κ2) is 4.60. The van der Waals surface area contributed by atoms with E-state index in [-0.39, 0.29) is 6.04 Å². The molecular weight excluding hydrogens is 212 g/mol. The lowest BCUT2D eigenvalue weighted by Crippen LogP contribution is -2.47. The van der Waals surface area contributed by atoms with Gasteiger partial charge < -0.3 is 10.2 Å². The van der Waals surface area contributed by atoms with E-state index in [0.717, 1.165) is 12.5 Å². The highest BCUT2D eigenvalue weighted by Gasteiger charge is 2.44. The first-order valence-corrected chi connectivity index (χ1v) is 7.27. The van der Waals surface area contributed by atoms with Gasteiger partial charge in [-0.1, -0.05) is 19.3 Å². The van der Waals surface area contributed by atoms with Gasteiger partial charge in [0.2, 0.25) is 5.91 Å². The van der Waals surface area contributed by atoms with E-state index >= 15 is 0 Å².